The van der Waals surface area contributed by atoms with Crippen molar-refractivity contribution in [3.05, 3.63) is 95.3 Å². The lowest BCUT2D eigenvalue weighted by atomic mass is 10.0. The maximum absolute atomic E-state index is 14.0. The number of piperazine rings is 1. The van der Waals surface area contributed by atoms with E-state index in [0.29, 0.717) is 36.8 Å². The van der Waals surface area contributed by atoms with Gasteiger partial charge < -0.3 is 15.1 Å². The second-order valence-electron chi connectivity index (χ2n) is 8.42. The molecule has 35 heavy (non-hydrogen) atoms. The van der Waals surface area contributed by atoms with Crippen molar-refractivity contribution in [2.45, 2.75) is 19.9 Å². The molecule has 2 N–H and O–H groups in total. The third-order valence-electron chi connectivity index (χ3n) is 6.06. The summed E-state index contributed by atoms with van der Waals surface area (Å²) in [4.78, 5) is 21.7. The highest BCUT2D eigenvalue weighted by Gasteiger charge is 2.33. The predicted molar refractivity (Wildman–Crippen MR) is 135 cm³/mol. The van der Waals surface area contributed by atoms with Gasteiger partial charge in [-0.1, -0.05) is 54.6 Å². The van der Waals surface area contributed by atoms with Crippen LogP contribution in [0.15, 0.2) is 77.8 Å². The van der Waals surface area contributed by atoms with Crippen molar-refractivity contribution in [3.63, 3.8) is 0 Å². The standard InChI is InChI=1S/C27H27FN6O/c1-19-12-13-22(16-23(19)28)31-27(35)34-15-14-33(17-25(34)21-9-4-3-5-10-21)26(30-18-29)32-24-11-7-6-8-20(24)2/h3-13,16,25H,14-15,17H2,1-2H3,(H,30,32)(H,31,35). The summed E-state index contributed by atoms with van der Waals surface area (Å²) in [5.74, 6) is 0.0651. The van der Waals surface area contributed by atoms with Crippen molar-refractivity contribution in [2.24, 2.45) is 4.99 Å². The van der Waals surface area contributed by atoms with Crippen LogP contribution in [-0.4, -0.2) is 41.4 Å². The van der Waals surface area contributed by atoms with Gasteiger partial charge in [-0.25, -0.2) is 14.2 Å². The number of benzene rings is 3. The van der Waals surface area contributed by atoms with Crippen molar-refractivity contribution < 1.29 is 9.18 Å². The number of nitrogens with zero attached hydrogens (tertiary/aromatic N) is 4. The molecule has 1 heterocycles. The highest BCUT2D eigenvalue weighted by atomic mass is 19.1. The summed E-state index contributed by atoms with van der Waals surface area (Å²) in [7, 11) is 0. The molecule has 0 bridgehead atoms. The van der Waals surface area contributed by atoms with Gasteiger partial charge in [-0.3, -0.25) is 5.32 Å². The Hall–Kier alpha value is -4.38. The maximum atomic E-state index is 14.0. The molecule has 7 nitrogen and oxygen atoms in total. The van der Waals surface area contributed by atoms with Crippen molar-refractivity contribution >= 4 is 23.4 Å². The first-order chi connectivity index (χ1) is 17.0. The van der Waals surface area contributed by atoms with Crippen LogP contribution in [0.5, 0.6) is 0 Å². The number of guanidine groups is 1. The largest absolute Gasteiger partial charge is 0.338 e. The zero-order chi connectivity index (χ0) is 24.8. The highest BCUT2D eigenvalue weighted by Crippen LogP contribution is 2.27. The third-order valence-corrected chi connectivity index (χ3v) is 6.06. The number of hydrogen-bond acceptors (Lipinski definition) is 3. The monoisotopic (exact) mass is 470 g/mol. The summed E-state index contributed by atoms with van der Waals surface area (Å²) < 4.78 is 14.0. The number of para-hydroxylation sites is 1. The second-order valence-corrected chi connectivity index (χ2v) is 8.42. The molecule has 0 spiro atoms. The van der Waals surface area contributed by atoms with E-state index in [1.54, 1.807) is 24.0 Å². The van der Waals surface area contributed by atoms with Crippen molar-refractivity contribution in [3.8, 4) is 6.19 Å². The molecule has 8 heteroatoms. The van der Waals surface area contributed by atoms with Gasteiger partial charge in [0.1, 0.15) is 5.82 Å². The normalized spacial score (nSPS) is 15.9. The van der Waals surface area contributed by atoms with E-state index in [-0.39, 0.29) is 17.9 Å². The van der Waals surface area contributed by atoms with Crippen LogP contribution >= 0.6 is 0 Å². The average Bonchev–Trinajstić information content (AvgIpc) is 2.87. The van der Waals surface area contributed by atoms with E-state index in [4.69, 9.17) is 4.99 Å². The first-order valence-corrected chi connectivity index (χ1v) is 11.4. The zero-order valence-electron chi connectivity index (χ0n) is 19.7. The molecule has 0 radical (unpaired) electrons. The minimum Gasteiger partial charge on any atom is -0.338 e. The first-order valence-electron chi connectivity index (χ1n) is 11.4. The molecule has 0 saturated carbocycles. The van der Waals surface area contributed by atoms with E-state index in [1.807, 2.05) is 72.6 Å². The number of halogens is 1. The minimum absolute atomic E-state index is 0.303. The van der Waals surface area contributed by atoms with Crippen LogP contribution in [0.1, 0.15) is 22.7 Å². The number of rotatable bonds is 3. The van der Waals surface area contributed by atoms with Crippen LogP contribution in [-0.2, 0) is 0 Å². The second kappa shape index (κ2) is 10.7. The lowest BCUT2D eigenvalue weighted by Gasteiger charge is -2.42. The van der Waals surface area contributed by atoms with Crippen molar-refractivity contribution in [1.82, 2.24) is 15.1 Å². The Bertz CT molecular complexity index is 1270. The van der Waals surface area contributed by atoms with E-state index in [0.717, 1.165) is 16.8 Å². The van der Waals surface area contributed by atoms with Crippen LogP contribution in [0, 0.1) is 31.1 Å². The molecule has 0 aromatic heterocycles. The Morgan fingerprint density at radius 1 is 1.03 bits per heavy atom. The molecule has 3 aromatic carbocycles. The number of carbonyl (C=O) groups excluding carboxylic acids is 1. The Balaban J connectivity index is 1.61. The number of hydrogen-bond donors (Lipinski definition) is 2. The van der Waals surface area contributed by atoms with Crippen LogP contribution in [0.25, 0.3) is 0 Å². The highest BCUT2D eigenvalue weighted by molar-refractivity contribution is 5.90. The molecule has 1 atom stereocenters. The van der Waals surface area contributed by atoms with Gasteiger partial charge in [0.05, 0.1) is 11.7 Å². The topological polar surface area (TPSA) is 83.8 Å². The van der Waals surface area contributed by atoms with Gasteiger partial charge >= 0.3 is 6.03 Å². The predicted octanol–water partition coefficient (Wildman–Crippen LogP) is 5.09. The van der Waals surface area contributed by atoms with E-state index < -0.39 is 0 Å². The quantitative estimate of drug-likeness (QED) is 0.242. The van der Waals surface area contributed by atoms with Crippen molar-refractivity contribution in [2.75, 3.05) is 25.0 Å². The SMILES string of the molecule is Cc1ccc(NC(=O)N2CCN(C(=Nc3ccccc3C)NC#N)CC2c2ccccc2)cc1F. The summed E-state index contributed by atoms with van der Waals surface area (Å²) in [6.45, 7) is 4.93. The molecule has 1 unspecified atom stereocenters. The lowest BCUT2D eigenvalue weighted by Crippen LogP contribution is -2.55. The maximum Gasteiger partial charge on any atom is 0.322 e. The Morgan fingerprint density at radius 2 is 1.77 bits per heavy atom. The fourth-order valence-corrected chi connectivity index (χ4v) is 4.08. The van der Waals surface area contributed by atoms with Crippen LogP contribution in [0.3, 0.4) is 0 Å². The minimum atomic E-state index is -0.369. The molecular weight excluding hydrogens is 443 g/mol. The number of urea groups is 1. The molecule has 2 amide bonds. The molecule has 1 fully saturated rings. The fraction of sp³-hybridized carbons (Fsp3) is 0.222. The number of carbonyl (C=O) groups is 1. The molecule has 1 saturated heterocycles. The Morgan fingerprint density at radius 3 is 2.49 bits per heavy atom. The molecule has 3 aromatic rings. The fourth-order valence-electron chi connectivity index (χ4n) is 4.08. The van der Waals surface area contributed by atoms with E-state index in [2.05, 4.69) is 10.6 Å². The summed E-state index contributed by atoms with van der Waals surface area (Å²) in [5.41, 5.74) is 3.63. The number of anilines is 1. The van der Waals surface area contributed by atoms with Gasteiger partial charge in [0.25, 0.3) is 0 Å². The Labute approximate surface area is 204 Å². The van der Waals surface area contributed by atoms with E-state index >= 15 is 0 Å². The van der Waals surface area contributed by atoms with Crippen molar-refractivity contribution in [1.29, 1.82) is 5.26 Å². The Kier molecular flexibility index (Phi) is 7.27. The van der Waals surface area contributed by atoms with Gasteiger partial charge in [0.15, 0.2) is 6.19 Å². The van der Waals surface area contributed by atoms with Gasteiger partial charge in [-0.2, -0.15) is 5.26 Å². The molecule has 1 aliphatic heterocycles. The molecule has 178 valence electrons. The molecular formula is C27H27FN6O. The van der Waals surface area contributed by atoms with Gasteiger partial charge in [0.2, 0.25) is 5.96 Å². The smallest absolute Gasteiger partial charge is 0.322 e. The summed E-state index contributed by atoms with van der Waals surface area (Å²) >= 11 is 0. The van der Waals surface area contributed by atoms with E-state index in [1.165, 1.54) is 6.07 Å². The third kappa shape index (κ3) is 5.58. The number of nitrogens with one attached hydrogen (secondary N) is 2. The summed E-state index contributed by atoms with van der Waals surface area (Å²) in [6.07, 6.45) is 1.99. The number of aliphatic imine (C=N–C) groups is 1. The number of amides is 2. The van der Waals surface area contributed by atoms with Gasteiger partial charge in [-0.15, -0.1) is 0 Å². The summed E-state index contributed by atoms with van der Waals surface area (Å²) in [5, 5.41) is 14.9. The summed E-state index contributed by atoms with van der Waals surface area (Å²) in [6, 6.07) is 21.4. The number of nitriles is 1. The average molecular weight is 471 g/mol. The van der Waals surface area contributed by atoms with Crippen LogP contribution < -0.4 is 10.6 Å². The molecule has 0 aliphatic carbocycles. The van der Waals surface area contributed by atoms with E-state index in [9.17, 15) is 14.4 Å². The number of aryl methyl sites for hydroxylation is 2. The zero-order valence-corrected chi connectivity index (χ0v) is 19.7. The van der Waals surface area contributed by atoms with Gasteiger partial charge in [-0.05, 0) is 48.7 Å². The first kappa shape index (κ1) is 23.8. The van der Waals surface area contributed by atoms with Gasteiger partial charge in [0, 0.05) is 25.3 Å². The van der Waals surface area contributed by atoms with Crippen LogP contribution in [0.2, 0.25) is 0 Å². The molecule has 1 aliphatic rings. The van der Waals surface area contributed by atoms with Crippen LogP contribution in [0.4, 0.5) is 20.6 Å². The lowest BCUT2D eigenvalue weighted by molar-refractivity contribution is 0.135. The molecule has 4 rings (SSSR count).